The van der Waals surface area contributed by atoms with Crippen LogP contribution in [0.15, 0.2) is 72.9 Å². The zero-order chi connectivity index (χ0) is 25.9. The standard InChI is InChI=1S/C29H24ClN3O4/c30-22-6-8-26(37-18-28(35)36)24(16-22)29-23-4-2-1-3-20(23)10-14-33(29)27(34)11-13-32-12-9-21-15-19(17-31)5-7-25(21)32/h1-9,12,15-16,29H,10-11,13-14,18H2,(H,35,36). The van der Waals surface area contributed by atoms with Crippen molar-refractivity contribution in [2.24, 2.45) is 0 Å². The first kappa shape index (κ1) is 24.4. The maximum absolute atomic E-state index is 13.7. The van der Waals surface area contributed by atoms with E-state index in [-0.39, 0.29) is 12.3 Å². The molecule has 1 aliphatic rings. The van der Waals surface area contributed by atoms with E-state index in [1.165, 1.54) is 0 Å². The van der Waals surface area contributed by atoms with Gasteiger partial charge in [0.1, 0.15) is 5.75 Å². The number of carboxylic acid groups (broad SMARTS) is 1. The Balaban J connectivity index is 1.46. The molecular weight excluding hydrogens is 490 g/mol. The molecule has 1 atom stereocenters. The van der Waals surface area contributed by atoms with Crippen LogP contribution in [0.1, 0.15) is 34.7 Å². The van der Waals surface area contributed by atoms with Gasteiger partial charge in [-0.2, -0.15) is 5.26 Å². The third kappa shape index (κ3) is 5.02. The van der Waals surface area contributed by atoms with Crippen LogP contribution in [0.2, 0.25) is 5.02 Å². The Bertz CT molecular complexity index is 1540. The average molecular weight is 514 g/mol. The second-order valence-electron chi connectivity index (χ2n) is 8.95. The van der Waals surface area contributed by atoms with Gasteiger partial charge in [-0.05, 0) is 60.0 Å². The van der Waals surface area contributed by atoms with Gasteiger partial charge < -0.3 is 19.3 Å². The molecule has 3 aromatic carbocycles. The number of nitrogens with zero attached hydrogens (tertiary/aromatic N) is 3. The summed E-state index contributed by atoms with van der Waals surface area (Å²) in [4.78, 5) is 26.7. The molecule has 37 heavy (non-hydrogen) atoms. The highest BCUT2D eigenvalue weighted by Crippen LogP contribution is 2.40. The molecule has 1 amide bonds. The molecule has 1 N–H and O–H groups in total. The lowest BCUT2D eigenvalue weighted by molar-refractivity contribution is -0.139. The molecule has 1 aromatic heterocycles. The lowest BCUT2D eigenvalue weighted by Gasteiger charge is -2.38. The van der Waals surface area contributed by atoms with Gasteiger partial charge in [-0.25, -0.2) is 4.79 Å². The number of halogens is 1. The van der Waals surface area contributed by atoms with E-state index < -0.39 is 18.6 Å². The summed E-state index contributed by atoms with van der Waals surface area (Å²) < 4.78 is 7.63. The molecule has 0 bridgehead atoms. The number of hydrogen-bond donors (Lipinski definition) is 1. The van der Waals surface area contributed by atoms with E-state index in [9.17, 15) is 9.59 Å². The fourth-order valence-corrected chi connectivity index (χ4v) is 5.18. The molecule has 0 fully saturated rings. The number of hydrogen-bond acceptors (Lipinski definition) is 4. The molecule has 0 saturated carbocycles. The Morgan fingerprint density at radius 2 is 1.92 bits per heavy atom. The molecule has 0 saturated heterocycles. The summed E-state index contributed by atoms with van der Waals surface area (Å²) in [5.74, 6) is -0.728. The maximum atomic E-state index is 13.7. The summed E-state index contributed by atoms with van der Waals surface area (Å²) in [6, 6.07) is 22.2. The smallest absolute Gasteiger partial charge is 0.341 e. The normalized spacial score (nSPS) is 14.7. The van der Waals surface area contributed by atoms with Gasteiger partial charge in [0.05, 0.1) is 17.7 Å². The second kappa shape index (κ2) is 10.4. The Morgan fingerprint density at radius 3 is 2.73 bits per heavy atom. The van der Waals surface area contributed by atoms with Crippen LogP contribution in [0.25, 0.3) is 10.9 Å². The first-order valence-electron chi connectivity index (χ1n) is 11.9. The average Bonchev–Trinajstić information content (AvgIpc) is 3.32. The summed E-state index contributed by atoms with van der Waals surface area (Å²) in [6.07, 6.45) is 2.92. The third-order valence-corrected chi connectivity index (χ3v) is 6.92. The molecule has 1 unspecified atom stereocenters. The number of amides is 1. The number of aliphatic carboxylic acids is 1. The number of aryl methyl sites for hydroxylation is 1. The molecule has 186 valence electrons. The first-order valence-corrected chi connectivity index (χ1v) is 12.3. The predicted molar refractivity (Wildman–Crippen MR) is 140 cm³/mol. The molecule has 1 aliphatic heterocycles. The number of fused-ring (bicyclic) bond motifs is 2. The highest BCUT2D eigenvalue weighted by molar-refractivity contribution is 6.30. The molecular formula is C29H24ClN3O4. The summed E-state index contributed by atoms with van der Waals surface area (Å²) in [5, 5.41) is 19.7. The third-order valence-electron chi connectivity index (χ3n) is 6.69. The summed E-state index contributed by atoms with van der Waals surface area (Å²) in [7, 11) is 0. The molecule has 5 rings (SSSR count). The molecule has 0 radical (unpaired) electrons. The summed E-state index contributed by atoms with van der Waals surface area (Å²) in [6.45, 7) is 0.505. The van der Waals surface area contributed by atoms with Gasteiger partial charge in [-0.15, -0.1) is 0 Å². The summed E-state index contributed by atoms with van der Waals surface area (Å²) >= 11 is 6.36. The minimum Gasteiger partial charge on any atom is -0.482 e. The highest BCUT2D eigenvalue weighted by atomic mass is 35.5. The number of aromatic nitrogens is 1. The van der Waals surface area contributed by atoms with Crippen LogP contribution in [0.5, 0.6) is 5.75 Å². The van der Waals surface area contributed by atoms with Gasteiger partial charge in [0.25, 0.3) is 0 Å². The van der Waals surface area contributed by atoms with Crippen molar-refractivity contribution >= 4 is 34.4 Å². The van der Waals surface area contributed by atoms with E-state index in [2.05, 4.69) is 6.07 Å². The largest absolute Gasteiger partial charge is 0.482 e. The van der Waals surface area contributed by atoms with Crippen molar-refractivity contribution in [1.82, 2.24) is 9.47 Å². The number of carboxylic acids is 1. The minimum absolute atomic E-state index is 0.0286. The van der Waals surface area contributed by atoms with Crippen molar-refractivity contribution in [3.8, 4) is 11.8 Å². The zero-order valence-electron chi connectivity index (χ0n) is 19.9. The van der Waals surface area contributed by atoms with E-state index in [1.54, 1.807) is 24.3 Å². The topological polar surface area (TPSA) is 95.6 Å². The van der Waals surface area contributed by atoms with Crippen LogP contribution < -0.4 is 4.74 Å². The highest BCUT2D eigenvalue weighted by Gasteiger charge is 2.34. The lowest BCUT2D eigenvalue weighted by Crippen LogP contribution is -2.41. The van der Waals surface area contributed by atoms with Crippen molar-refractivity contribution < 1.29 is 19.4 Å². The Labute approximate surface area is 219 Å². The number of ether oxygens (including phenoxy) is 1. The maximum Gasteiger partial charge on any atom is 0.341 e. The Hall–Kier alpha value is -4.28. The number of benzene rings is 3. The number of nitriles is 1. The summed E-state index contributed by atoms with van der Waals surface area (Å²) in [5.41, 5.74) is 4.32. The number of carbonyl (C=O) groups excluding carboxylic acids is 1. The van der Waals surface area contributed by atoms with Gasteiger partial charge >= 0.3 is 5.97 Å². The fraction of sp³-hybridized carbons (Fsp3) is 0.207. The number of rotatable bonds is 7. The molecule has 8 heteroatoms. The Kier molecular flexibility index (Phi) is 6.85. The molecule has 0 aliphatic carbocycles. The van der Waals surface area contributed by atoms with E-state index in [0.29, 0.717) is 41.4 Å². The quantitative estimate of drug-likeness (QED) is 0.366. The first-order chi connectivity index (χ1) is 17.9. The van der Waals surface area contributed by atoms with E-state index in [1.807, 2.05) is 58.1 Å². The van der Waals surface area contributed by atoms with Crippen molar-refractivity contribution in [2.75, 3.05) is 13.2 Å². The predicted octanol–water partition coefficient (Wildman–Crippen LogP) is 5.19. The van der Waals surface area contributed by atoms with Gasteiger partial charge in [0.15, 0.2) is 6.61 Å². The van der Waals surface area contributed by atoms with Gasteiger partial charge in [0, 0.05) is 47.2 Å². The van der Waals surface area contributed by atoms with Crippen LogP contribution >= 0.6 is 11.6 Å². The van der Waals surface area contributed by atoms with Crippen molar-refractivity contribution in [2.45, 2.75) is 25.4 Å². The molecule has 2 heterocycles. The van der Waals surface area contributed by atoms with E-state index in [4.69, 9.17) is 26.7 Å². The Morgan fingerprint density at radius 1 is 1.08 bits per heavy atom. The van der Waals surface area contributed by atoms with Crippen molar-refractivity contribution in [3.63, 3.8) is 0 Å². The van der Waals surface area contributed by atoms with Crippen LogP contribution in [0.4, 0.5) is 0 Å². The van der Waals surface area contributed by atoms with Crippen LogP contribution in [0.3, 0.4) is 0 Å². The molecule has 7 nitrogen and oxygen atoms in total. The molecule has 4 aromatic rings. The van der Waals surface area contributed by atoms with Gasteiger partial charge in [0.2, 0.25) is 5.91 Å². The fourth-order valence-electron chi connectivity index (χ4n) is 5.00. The zero-order valence-corrected chi connectivity index (χ0v) is 20.7. The monoisotopic (exact) mass is 513 g/mol. The van der Waals surface area contributed by atoms with Crippen LogP contribution in [-0.4, -0.2) is 39.6 Å². The van der Waals surface area contributed by atoms with Crippen LogP contribution in [0, 0.1) is 11.3 Å². The van der Waals surface area contributed by atoms with Crippen molar-refractivity contribution in [1.29, 1.82) is 5.26 Å². The van der Waals surface area contributed by atoms with E-state index >= 15 is 0 Å². The molecule has 0 spiro atoms. The number of carbonyl (C=O) groups is 2. The SMILES string of the molecule is N#Cc1ccc2c(ccn2CCC(=O)N2CCc3ccccc3C2c2cc(Cl)ccc2OCC(=O)O)c1. The lowest BCUT2D eigenvalue weighted by atomic mass is 9.87. The van der Waals surface area contributed by atoms with Crippen molar-refractivity contribution in [3.05, 3.63) is 100 Å². The second-order valence-corrected chi connectivity index (χ2v) is 9.38. The van der Waals surface area contributed by atoms with Gasteiger partial charge in [-0.3, -0.25) is 4.79 Å². The van der Waals surface area contributed by atoms with Crippen LogP contribution in [-0.2, 0) is 22.6 Å². The van der Waals surface area contributed by atoms with E-state index in [0.717, 1.165) is 22.0 Å². The minimum atomic E-state index is -1.08. The van der Waals surface area contributed by atoms with Gasteiger partial charge in [-0.1, -0.05) is 35.9 Å².